The second-order valence-corrected chi connectivity index (χ2v) is 5.61. The van der Waals surface area contributed by atoms with Crippen molar-refractivity contribution in [3.05, 3.63) is 0 Å². The lowest BCUT2D eigenvalue weighted by Gasteiger charge is -2.35. The molecule has 1 aliphatic rings. The smallest absolute Gasteiger partial charge is 0.325 e. The van der Waals surface area contributed by atoms with Gasteiger partial charge in [0.15, 0.2) is 0 Å². The molecule has 3 N–H and O–H groups in total. The molecule has 0 unspecified atom stereocenters. The predicted molar refractivity (Wildman–Crippen MR) is 75.7 cm³/mol. The molecule has 1 rings (SSSR count). The number of nitrogens with one attached hydrogen (secondary N) is 2. The zero-order valence-electron chi connectivity index (χ0n) is 12.6. The van der Waals surface area contributed by atoms with E-state index in [1.54, 1.807) is 6.92 Å². The van der Waals surface area contributed by atoms with Gasteiger partial charge in [0, 0.05) is 6.54 Å². The average Bonchev–Trinajstić information content (AvgIpc) is 2.45. The molecule has 0 bridgehead atoms. The van der Waals surface area contributed by atoms with Crippen LogP contribution in [0.25, 0.3) is 0 Å². The van der Waals surface area contributed by atoms with E-state index in [0.29, 0.717) is 18.8 Å². The first kappa shape index (κ1) is 17.3. The lowest BCUT2D eigenvalue weighted by molar-refractivity contribution is -0.151. The standard InChI is InChI=1S/C14H24N2O5/c1-3-21-11(17)8-15-13(20)16-9-14(12(18)19)6-4-10(2)5-7-14/h10H,3-9H2,1-2H3,(H,18,19)(H2,15,16,20). The van der Waals surface area contributed by atoms with Crippen LogP contribution in [-0.2, 0) is 14.3 Å². The molecule has 120 valence electrons. The summed E-state index contributed by atoms with van der Waals surface area (Å²) in [6.45, 7) is 3.88. The van der Waals surface area contributed by atoms with Gasteiger partial charge in [-0.1, -0.05) is 6.92 Å². The minimum atomic E-state index is -0.895. The SMILES string of the molecule is CCOC(=O)CNC(=O)NCC1(C(=O)O)CCC(C)CC1. The van der Waals surface area contributed by atoms with E-state index in [-0.39, 0.29) is 19.7 Å². The molecule has 0 aliphatic heterocycles. The molecule has 0 heterocycles. The zero-order valence-corrected chi connectivity index (χ0v) is 12.6. The molecule has 7 heteroatoms. The number of urea groups is 1. The molecule has 21 heavy (non-hydrogen) atoms. The molecule has 0 atom stereocenters. The lowest BCUT2D eigenvalue weighted by atomic mass is 9.71. The average molecular weight is 300 g/mol. The van der Waals surface area contributed by atoms with Crippen LogP contribution in [0.4, 0.5) is 4.79 Å². The maximum absolute atomic E-state index is 11.6. The Kier molecular flexibility index (Phi) is 6.45. The van der Waals surface area contributed by atoms with Crippen LogP contribution in [0.1, 0.15) is 39.5 Å². The Balaban J connectivity index is 2.41. The summed E-state index contributed by atoms with van der Waals surface area (Å²) in [6.07, 6.45) is 2.81. The minimum Gasteiger partial charge on any atom is -0.481 e. The van der Waals surface area contributed by atoms with Crippen LogP contribution in [0.3, 0.4) is 0 Å². The third-order valence-corrected chi connectivity index (χ3v) is 3.97. The van der Waals surface area contributed by atoms with Crippen molar-refractivity contribution >= 4 is 18.0 Å². The van der Waals surface area contributed by atoms with Crippen molar-refractivity contribution in [3.8, 4) is 0 Å². The molecule has 1 aliphatic carbocycles. The van der Waals surface area contributed by atoms with Crippen LogP contribution in [0.2, 0.25) is 0 Å². The number of ether oxygens (including phenoxy) is 1. The fourth-order valence-electron chi connectivity index (χ4n) is 2.46. The number of aliphatic carboxylic acids is 1. The maximum atomic E-state index is 11.6. The van der Waals surface area contributed by atoms with Gasteiger partial charge in [0.1, 0.15) is 6.54 Å². The van der Waals surface area contributed by atoms with E-state index in [1.807, 2.05) is 0 Å². The summed E-state index contributed by atoms with van der Waals surface area (Å²) in [5.41, 5.74) is -0.895. The number of carbonyl (C=O) groups excluding carboxylic acids is 2. The molecule has 0 spiro atoms. The van der Waals surface area contributed by atoms with Crippen LogP contribution in [0.5, 0.6) is 0 Å². The van der Waals surface area contributed by atoms with Crippen LogP contribution >= 0.6 is 0 Å². The number of amides is 2. The predicted octanol–water partition coefficient (Wildman–Crippen LogP) is 1.13. The Hall–Kier alpha value is -1.79. The Bertz CT molecular complexity index is 389. The van der Waals surface area contributed by atoms with Crippen molar-refractivity contribution in [3.63, 3.8) is 0 Å². The van der Waals surface area contributed by atoms with Gasteiger partial charge < -0.3 is 20.5 Å². The third kappa shape index (κ3) is 5.24. The largest absolute Gasteiger partial charge is 0.481 e. The Morgan fingerprint density at radius 1 is 1.24 bits per heavy atom. The summed E-state index contributed by atoms with van der Waals surface area (Å²) in [5.74, 6) is -0.873. The first-order valence-corrected chi connectivity index (χ1v) is 7.30. The van der Waals surface area contributed by atoms with Crippen LogP contribution in [0.15, 0.2) is 0 Å². The number of carboxylic acid groups (broad SMARTS) is 1. The van der Waals surface area contributed by atoms with Gasteiger partial charge in [0.2, 0.25) is 0 Å². The number of hydrogen-bond donors (Lipinski definition) is 3. The molecule has 7 nitrogen and oxygen atoms in total. The van der Waals surface area contributed by atoms with Gasteiger partial charge in [0.05, 0.1) is 12.0 Å². The summed E-state index contributed by atoms with van der Waals surface area (Å²) in [5, 5.41) is 14.3. The van der Waals surface area contributed by atoms with Gasteiger partial charge >= 0.3 is 18.0 Å². The first-order chi connectivity index (χ1) is 9.89. The highest BCUT2D eigenvalue weighted by Gasteiger charge is 2.41. The van der Waals surface area contributed by atoms with E-state index in [1.165, 1.54) is 0 Å². The second kappa shape index (κ2) is 7.85. The van der Waals surface area contributed by atoms with Crippen molar-refractivity contribution in [2.45, 2.75) is 39.5 Å². The normalized spacial score (nSPS) is 25.0. The first-order valence-electron chi connectivity index (χ1n) is 7.30. The monoisotopic (exact) mass is 300 g/mol. The van der Waals surface area contributed by atoms with Crippen LogP contribution < -0.4 is 10.6 Å². The van der Waals surface area contributed by atoms with Gasteiger partial charge in [-0.25, -0.2) is 4.79 Å². The third-order valence-electron chi connectivity index (χ3n) is 3.97. The molecule has 0 aromatic rings. The second-order valence-electron chi connectivity index (χ2n) is 5.61. The van der Waals surface area contributed by atoms with Crippen LogP contribution in [0, 0.1) is 11.3 Å². The quantitative estimate of drug-likeness (QED) is 0.638. The Morgan fingerprint density at radius 3 is 2.38 bits per heavy atom. The van der Waals surface area contributed by atoms with E-state index in [4.69, 9.17) is 0 Å². The van der Waals surface area contributed by atoms with E-state index >= 15 is 0 Å². The van der Waals surface area contributed by atoms with E-state index in [9.17, 15) is 19.5 Å². The van der Waals surface area contributed by atoms with E-state index in [0.717, 1.165) is 12.8 Å². The van der Waals surface area contributed by atoms with Gasteiger partial charge in [-0.3, -0.25) is 9.59 Å². The zero-order chi connectivity index (χ0) is 15.9. The van der Waals surface area contributed by atoms with Gasteiger partial charge in [-0.15, -0.1) is 0 Å². The van der Waals surface area contributed by atoms with Crippen LogP contribution in [-0.4, -0.2) is 42.8 Å². The molecule has 0 aromatic carbocycles. The molecular formula is C14H24N2O5. The summed E-state index contributed by atoms with van der Waals surface area (Å²) in [7, 11) is 0. The number of rotatable bonds is 6. The highest BCUT2D eigenvalue weighted by Crippen LogP contribution is 2.38. The summed E-state index contributed by atoms with van der Waals surface area (Å²) < 4.78 is 4.68. The van der Waals surface area contributed by atoms with E-state index in [2.05, 4.69) is 22.3 Å². The Labute approximate surface area is 124 Å². The molecule has 2 amide bonds. The topological polar surface area (TPSA) is 105 Å². The Morgan fingerprint density at radius 2 is 1.86 bits per heavy atom. The van der Waals surface area contributed by atoms with Crippen molar-refractivity contribution in [1.29, 1.82) is 0 Å². The van der Waals surface area contributed by atoms with Crippen molar-refractivity contribution in [1.82, 2.24) is 10.6 Å². The number of carboxylic acids is 1. The van der Waals surface area contributed by atoms with Gasteiger partial charge in [-0.2, -0.15) is 0 Å². The maximum Gasteiger partial charge on any atom is 0.325 e. The highest BCUT2D eigenvalue weighted by molar-refractivity contribution is 5.81. The van der Waals surface area contributed by atoms with Crippen molar-refractivity contribution < 1.29 is 24.2 Å². The van der Waals surface area contributed by atoms with Gasteiger partial charge in [0.25, 0.3) is 0 Å². The fraction of sp³-hybridized carbons (Fsp3) is 0.786. The van der Waals surface area contributed by atoms with Gasteiger partial charge in [-0.05, 0) is 38.5 Å². The molecule has 0 aromatic heterocycles. The lowest BCUT2D eigenvalue weighted by Crippen LogP contribution is -2.48. The highest BCUT2D eigenvalue weighted by atomic mass is 16.5. The molecule has 1 fully saturated rings. The molecule has 0 saturated heterocycles. The van der Waals surface area contributed by atoms with Crippen molar-refractivity contribution in [2.24, 2.45) is 11.3 Å². The summed E-state index contributed by atoms with van der Waals surface area (Å²) in [4.78, 5) is 34.2. The van der Waals surface area contributed by atoms with Crippen molar-refractivity contribution in [2.75, 3.05) is 19.7 Å². The fourth-order valence-corrected chi connectivity index (χ4v) is 2.46. The number of esters is 1. The summed E-state index contributed by atoms with van der Waals surface area (Å²) >= 11 is 0. The van der Waals surface area contributed by atoms with E-state index < -0.39 is 23.4 Å². The summed E-state index contributed by atoms with van der Waals surface area (Å²) in [6, 6.07) is -0.553. The number of hydrogen-bond acceptors (Lipinski definition) is 4. The number of carbonyl (C=O) groups is 3. The molecule has 1 saturated carbocycles. The minimum absolute atomic E-state index is 0.0731. The molecule has 0 radical (unpaired) electrons. The molecular weight excluding hydrogens is 276 g/mol.